The number of aromatic nitrogens is 4. The van der Waals surface area contributed by atoms with E-state index in [1.807, 2.05) is 25.1 Å². The predicted molar refractivity (Wildman–Crippen MR) is 109 cm³/mol. The third-order valence-electron chi connectivity index (χ3n) is 4.19. The highest BCUT2D eigenvalue weighted by atomic mass is 35.5. The summed E-state index contributed by atoms with van der Waals surface area (Å²) in [5.74, 6) is 0.220. The van der Waals surface area contributed by atoms with E-state index in [-0.39, 0.29) is 24.0 Å². The van der Waals surface area contributed by atoms with Gasteiger partial charge in [-0.1, -0.05) is 35.9 Å². The number of carbonyl (C=O) groups excluding carboxylic acids is 1. The zero-order valence-corrected chi connectivity index (χ0v) is 16.1. The highest BCUT2D eigenvalue weighted by Gasteiger charge is 2.16. The normalized spacial score (nSPS) is 10.8. The van der Waals surface area contributed by atoms with Gasteiger partial charge in [0.25, 0.3) is 5.88 Å². The van der Waals surface area contributed by atoms with Gasteiger partial charge in [0.05, 0.1) is 0 Å². The zero-order chi connectivity index (χ0) is 20.4. The minimum atomic E-state index is -0.474. The summed E-state index contributed by atoms with van der Waals surface area (Å²) < 4.78 is 8.06. The molecule has 0 radical (unpaired) electrons. The van der Waals surface area contributed by atoms with Gasteiger partial charge in [0.2, 0.25) is 11.6 Å². The van der Waals surface area contributed by atoms with E-state index in [1.165, 1.54) is 16.8 Å². The van der Waals surface area contributed by atoms with Crippen LogP contribution in [-0.4, -0.2) is 25.1 Å². The minimum Gasteiger partial charge on any atom is -0.436 e. The van der Waals surface area contributed by atoms with Crippen LogP contribution in [0.25, 0.3) is 5.65 Å². The summed E-state index contributed by atoms with van der Waals surface area (Å²) in [6.45, 7) is 1.64. The molecular formula is C20H16ClN5O3. The largest absolute Gasteiger partial charge is 0.436 e. The molecule has 2 heterocycles. The Hall–Kier alpha value is -3.65. The standard InChI is InChI=1S/C20H16ClN5O3/c1-13-5-2-3-8-16(13)23-17(27)12-26-20(28)25-10-9-22-19(18(25)24-26)29-15-7-4-6-14(21)11-15/h2-11H,12H2,1H3,(H,23,27). The molecule has 0 spiro atoms. The van der Waals surface area contributed by atoms with E-state index < -0.39 is 5.69 Å². The molecule has 146 valence electrons. The lowest BCUT2D eigenvalue weighted by atomic mass is 10.2. The number of ether oxygens (including phenoxy) is 1. The lowest BCUT2D eigenvalue weighted by molar-refractivity contribution is -0.117. The van der Waals surface area contributed by atoms with Crippen LogP contribution in [0.4, 0.5) is 5.69 Å². The Kier molecular flexibility index (Phi) is 5.01. The summed E-state index contributed by atoms with van der Waals surface area (Å²) >= 11 is 5.97. The second kappa shape index (κ2) is 7.76. The Morgan fingerprint density at radius 3 is 2.83 bits per heavy atom. The molecule has 1 amide bonds. The van der Waals surface area contributed by atoms with Gasteiger partial charge in [-0.2, -0.15) is 0 Å². The molecule has 29 heavy (non-hydrogen) atoms. The molecule has 0 aliphatic heterocycles. The summed E-state index contributed by atoms with van der Waals surface area (Å²) in [5, 5.41) is 7.51. The van der Waals surface area contributed by atoms with Crippen LogP contribution in [0.15, 0.2) is 65.7 Å². The second-order valence-electron chi connectivity index (χ2n) is 6.29. The third-order valence-corrected chi connectivity index (χ3v) is 4.43. The molecule has 0 bridgehead atoms. The Balaban J connectivity index is 1.61. The Morgan fingerprint density at radius 2 is 2.03 bits per heavy atom. The van der Waals surface area contributed by atoms with Crippen molar-refractivity contribution >= 4 is 28.8 Å². The summed E-state index contributed by atoms with van der Waals surface area (Å²) in [4.78, 5) is 29.2. The zero-order valence-electron chi connectivity index (χ0n) is 15.4. The number of carbonyl (C=O) groups is 1. The van der Waals surface area contributed by atoms with Crippen molar-refractivity contribution < 1.29 is 9.53 Å². The van der Waals surface area contributed by atoms with E-state index in [1.54, 1.807) is 30.3 Å². The number of anilines is 1. The Morgan fingerprint density at radius 1 is 1.21 bits per heavy atom. The van der Waals surface area contributed by atoms with Gasteiger partial charge in [-0.3, -0.25) is 4.79 Å². The lowest BCUT2D eigenvalue weighted by Crippen LogP contribution is -2.28. The monoisotopic (exact) mass is 409 g/mol. The maximum Gasteiger partial charge on any atom is 0.351 e. The average molecular weight is 410 g/mol. The van der Waals surface area contributed by atoms with Crippen LogP contribution in [0.1, 0.15) is 5.56 Å². The molecule has 8 nitrogen and oxygen atoms in total. The van der Waals surface area contributed by atoms with Crippen LogP contribution in [0.2, 0.25) is 5.02 Å². The minimum absolute atomic E-state index is 0.130. The number of hydrogen-bond donors (Lipinski definition) is 1. The van der Waals surface area contributed by atoms with Crippen molar-refractivity contribution in [2.75, 3.05) is 5.32 Å². The molecule has 2 aromatic heterocycles. The molecular weight excluding hydrogens is 394 g/mol. The second-order valence-corrected chi connectivity index (χ2v) is 6.73. The van der Waals surface area contributed by atoms with E-state index >= 15 is 0 Å². The third kappa shape index (κ3) is 3.97. The van der Waals surface area contributed by atoms with Gasteiger partial charge in [0.15, 0.2) is 0 Å². The number of benzene rings is 2. The van der Waals surface area contributed by atoms with E-state index in [0.717, 1.165) is 10.2 Å². The number of halogens is 1. The van der Waals surface area contributed by atoms with Crippen molar-refractivity contribution in [1.29, 1.82) is 0 Å². The smallest absolute Gasteiger partial charge is 0.351 e. The topological polar surface area (TPSA) is 90.5 Å². The molecule has 0 unspecified atom stereocenters. The maximum atomic E-state index is 12.6. The SMILES string of the molecule is Cc1ccccc1NC(=O)Cn1nc2c(Oc3cccc(Cl)c3)nccn2c1=O. The van der Waals surface area contributed by atoms with Crippen LogP contribution in [0.3, 0.4) is 0 Å². The maximum absolute atomic E-state index is 12.6. The summed E-state index contributed by atoms with van der Waals surface area (Å²) in [6, 6.07) is 14.2. The van der Waals surface area contributed by atoms with E-state index in [2.05, 4.69) is 15.4 Å². The van der Waals surface area contributed by atoms with Gasteiger partial charge in [0.1, 0.15) is 12.3 Å². The van der Waals surface area contributed by atoms with Crippen molar-refractivity contribution in [2.24, 2.45) is 0 Å². The van der Waals surface area contributed by atoms with Gasteiger partial charge in [-0.05, 0) is 36.8 Å². The number of hydrogen-bond acceptors (Lipinski definition) is 5. The first-order valence-corrected chi connectivity index (χ1v) is 9.12. The van der Waals surface area contributed by atoms with Gasteiger partial charge in [0, 0.05) is 23.1 Å². The van der Waals surface area contributed by atoms with E-state index in [9.17, 15) is 9.59 Å². The van der Waals surface area contributed by atoms with Crippen LogP contribution < -0.4 is 15.7 Å². The van der Waals surface area contributed by atoms with Crippen LogP contribution >= 0.6 is 11.6 Å². The quantitative estimate of drug-likeness (QED) is 0.546. The number of rotatable bonds is 5. The predicted octanol–water partition coefficient (Wildman–Crippen LogP) is 3.28. The molecule has 4 aromatic rings. The molecule has 0 atom stereocenters. The molecule has 4 rings (SSSR count). The number of amides is 1. The molecule has 2 aromatic carbocycles. The Labute approximate surface area is 170 Å². The van der Waals surface area contributed by atoms with Crippen molar-refractivity contribution in [3.63, 3.8) is 0 Å². The fraction of sp³-hybridized carbons (Fsp3) is 0.100. The van der Waals surface area contributed by atoms with Gasteiger partial charge < -0.3 is 10.1 Å². The van der Waals surface area contributed by atoms with Crippen molar-refractivity contribution in [3.8, 4) is 11.6 Å². The van der Waals surface area contributed by atoms with Crippen molar-refractivity contribution in [2.45, 2.75) is 13.5 Å². The first-order chi connectivity index (χ1) is 14.0. The number of nitrogens with one attached hydrogen (secondary N) is 1. The number of aryl methyl sites for hydroxylation is 1. The fourth-order valence-electron chi connectivity index (χ4n) is 2.78. The van der Waals surface area contributed by atoms with E-state index in [4.69, 9.17) is 16.3 Å². The molecule has 0 aliphatic rings. The van der Waals surface area contributed by atoms with Gasteiger partial charge >= 0.3 is 5.69 Å². The average Bonchev–Trinajstić information content (AvgIpc) is 3.00. The molecule has 0 fully saturated rings. The highest BCUT2D eigenvalue weighted by Crippen LogP contribution is 2.24. The molecule has 9 heteroatoms. The molecule has 0 saturated carbocycles. The number of nitrogens with zero attached hydrogens (tertiary/aromatic N) is 4. The van der Waals surface area contributed by atoms with Crippen LogP contribution in [0, 0.1) is 6.92 Å². The molecule has 1 N–H and O–H groups in total. The first-order valence-electron chi connectivity index (χ1n) is 8.74. The summed E-state index contributed by atoms with van der Waals surface area (Å²) in [7, 11) is 0. The van der Waals surface area contributed by atoms with Gasteiger partial charge in [-0.15, -0.1) is 5.10 Å². The lowest BCUT2D eigenvalue weighted by Gasteiger charge is -2.07. The summed E-state index contributed by atoms with van der Waals surface area (Å²) in [5.41, 5.74) is 1.32. The highest BCUT2D eigenvalue weighted by molar-refractivity contribution is 6.30. The first kappa shape index (κ1) is 18.7. The summed E-state index contributed by atoms with van der Waals surface area (Å²) in [6.07, 6.45) is 2.89. The fourth-order valence-corrected chi connectivity index (χ4v) is 2.96. The molecule has 0 saturated heterocycles. The van der Waals surface area contributed by atoms with Crippen molar-refractivity contribution in [1.82, 2.24) is 19.2 Å². The van der Waals surface area contributed by atoms with Gasteiger partial charge in [-0.25, -0.2) is 18.9 Å². The number of fused-ring (bicyclic) bond motifs is 1. The Bertz CT molecular complexity index is 1260. The van der Waals surface area contributed by atoms with E-state index in [0.29, 0.717) is 16.5 Å². The number of para-hydroxylation sites is 1. The molecule has 0 aliphatic carbocycles. The van der Waals surface area contributed by atoms with Crippen molar-refractivity contribution in [3.05, 3.63) is 82.0 Å². The van der Waals surface area contributed by atoms with Crippen LogP contribution in [-0.2, 0) is 11.3 Å². The van der Waals surface area contributed by atoms with Crippen LogP contribution in [0.5, 0.6) is 11.6 Å².